The normalized spacial score (nSPS) is 19.4. The number of esters is 1. The summed E-state index contributed by atoms with van der Waals surface area (Å²) < 4.78 is 12.0. The molecule has 35 heavy (non-hydrogen) atoms. The van der Waals surface area contributed by atoms with E-state index in [1.54, 1.807) is 0 Å². The molecule has 0 bridgehead atoms. The highest BCUT2D eigenvalue weighted by Gasteiger charge is 2.40. The van der Waals surface area contributed by atoms with Crippen LogP contribution in [0, 0.1) is 11.3 Å². The molecule has 0 aromatic carbocycles. The molecule has 1 aliphatic rings. The first-order valence-corrected chi connectivity index (χ1v) is 14.5. The minimum Gasteiger partial charge on any atom is -0.494 e. The maximum absolute atomic E-state index is 13.0. The van der Waals surface area contributed by atoms with Crippen LogP contribution in [0.2, 0.25) is 0 Å². The highest BCUT2D eigenvalue weighted by molar-refractivity contribution is 5.79. The van der Waals surface area contributed by atoms with Gasteiger partial charge >= 0.3 is 5.97 Å². The minimum absolute atomic E-state index is 0.0765. The quantitative estimate of drug-likeness (QED) is 0.100. The summed E-state index contributed by atoms with van der Waals surface area (Å²) in [7, 11) is 0. The van der Waals surface area contributed by atoms with Crippen molar-refractivity contribution in [3.05, 3.63) is 12.3 Å². The van der Waals surface area contributed by atoms with Gasteiger partial charge in [0.15, 0.2) is 0 Å². The zero-order valence-corrected chi connectivity index (χ0v) is 23.5. The molecule has 0 aromatic rings. The fourth-order valence-electron chi connectivity index (χ4n) is 4.99. The Morgan fingerprint density at radius 1 is 0.971 bits per heavy atom. The number of rotatable bonds is 21. The lowest BCUT2D eigenvalue weighted by Crippen LogP contribution is -2.48. The average molecular weight is 494 g/mol. The lowest BCUT2D eigenvalue weighted by Gasteiger charge is -2.41. The van der Waals surface area contributed by atoms with Crippen LogP contribution in [0.4, 0.5) is 0 Å². The molecule has 5 nitrogen and oxygen atoms in total. The Morgan fingerprint density at radius 3 is 2.03 bits per heavy atom. The Balaban J connectivity index is 2.61. The SMILES string of the molecule is C=C1OC(C[C@@H](CCCCCCCCCCC)OC(=O)C(NC=O)C(C)(C)C)[C@@H]1CCCCCC. The van der Waals surface area contributed by atoms with Gasteiger partial charge in [0.25, 0.3) is 0 Å². The van der Waals surface area contributed by atoms with Gasteiger partial charge in [-0.15, -0.1) is 0 Å². The Bertz CT molecular complexity index is 598. The lowest BCUT2D eigenvalue weighted by molar-refractivity contribution is -0.160. The van der Waals surface area contributed by atoms with E-state index in [-0.39, 0.29) is 18.2 Å². The van der Waals surface area contributed by atoms with Crippen LogP contribution in [0.25, 0.3) is 0 Å². The molecule has 1 fully saturated rings. The molecule has 0 radical (unpaired) electrons. The van der Waals surface area contributed by atoms with Gasteiger partial charge in [0.05, 0.1) is 11.7 Å². The Morgan fingerprint density at radius 2 is 1.51 bits per heavy atom. The van der Waals surface area contributed by atoms with E-state index < -0.39 is 11.5 Å². The van der Waals surface area contributed by atoms with Crippen molar-refractivity contribution in [3.63, 3.8) is 0 Å². The van der Waals surface area contributed by atoms with Gasteiger partial charge < -0.3 is 14.8 Å². The molecule has 1 saturated heterocycles. The molecule has 1 amide bonds. The Hall–Kier alpha value is -1.52. The summed E-state index contributed by atoms with van der Waals surface area (Å²) in [5, 5.41) is 2.67. The minimum atomic E-state index is -0.660. The van der Waals surface area contributed by atoms with Gasteiger partial charge in [0.2, 0.25) is 6.41 Å². The highest BCUT2D eigenvalue weighted by atomic mass is 16.6. The number of hydrogen-bond acceptors (Lipinski definition) is 4. The lowest BCUT2D eigenvalue weighted by atomic mass is 9.84. The predicted octanol–water partition coefficient (Wildman–Crippen LogP) is 7.87. The Kier molecular flexibility index (Phi) is 16.1. The van der Waals surface area contributed by atoms with Crippen molar-refractivity contribution >= 4 is 12.4 Å². The number of carbonyl (C=O) groups excluding carboxylic acids is 2. The maximum Gasteiger partial charge on any atom is 0.329 e. The topological polar surface area (TPSA) is 64.6 Å². The van der Waals surface area contributed by atoms with Gasteiger partial charge in [-0.1, -0.05) is 118 Å². The second-order valence-corrected chi connectivity index (χ2v) is 11.6. The fraction of sp³-hybridized carbons (Fsp3) is 0.867. The molecule has 1 N–H and O–H groups in total. The summed E-state index contributed by atoms with van der Waals surface area (Å²) in [5.41, 5.74) is -0.413. The van der Waals surface area contributed by atoms with Crippen molar-refractivity contribution in [2.45, 2.75) is 156 Å². The second-order valence-electron chi connectivity index (χ2n) is 11.6. The van der Waals surface area contributed by atoms with Gasteiger partial charge in [-0.05, 0) is 24.7 Å². The van der Waals surface area contributed by atoms with Crippen LogP contribution in [-0.2, 0) is 19.1 Å². The van der Waals surface area contributed by atoms with Crippen LogP contribution in [0.1, 0.15) is 137 Å². The van der Waals surface area contributed by atoms with Crippen molar-refractivity contribution in [1.82, 2.24) is 5.32 Å². The smallest absolute Gasteiger partial charge is 0.329 e. The largest absolute Gasteiger partial charge is 0.494 e. The van der Waals surface area contributed by atoms with Crippen molar-refractivity contribution in [2.75, 3.05) is 0 Å². The molecule has 1 heterocycles. The van der Waals surface area contributed by atoms with Gasteiger partial charge in [-0.3, -0.25) is 4.79 Å². The van der Waals surface area contributed by atoms with E-state index in [0.29, 0.717) is 18.7 Å². The van der Waals surface area contributed by atoms with E-state index in [0.717, 1.165) is 31.4 Å². The van der Waals surface area contributed by atoms with E-state index in [4.69, 9.17) is 9.47 Å². The number of carbonyl (C=O) groups is 2. The molecule has 0 aromatic heterocycles. The van der Waals surface area contributed by atoms with E-state index in [1.165, 1.54) is 70.6 Å². The first kappa shape index (κ1) is 31.5. The van der Waals surface area contributed by atoms with Crippen LogP contribution in [0.15, 0.2) is 12.3 Å². The fourth-order valence-corrected chi connectivity index (χ4v) is 4.99. The second kappa shape index (κ2) is 17.8. The molecule has 1 aliphatic heterocycles. The summed E-state index contributed by atoms with van der Waals surface area (Å²) in [6.07, 6.45) is 19.4. The molecule has 2 unspecified atom stereocenters. The number of ether oxygens (including phenoxy) is 2. The standard InChI is InChI=1S/C30H55NO4/c1-7-9-11-13-14-15-16-17-18-20-25(35-29(33)28(31-23-32)30(4,5)6)22-27-26(24(3)34-27)21-19-12-10-8-2/h23,25-28H,3,7-22H2,1-2,4-6H3,(H,31,32)/t25-,26-,27?,28?/m1/s1. The van der Waals surface area contributed by atoms with Crippen LogP contribution in [0.3, 0.4) is 0 Å². The monoisotopic (exact) mass is 493 g/mol. The first-order chi connectivity index (χ1) is 16.7. The first-order valence-electron chi connectivity index (χ1n) is 14.5. The van der Waals surface area contributed by atoms with Crippen molar-refractivity contribution < 1.29 is 19.1 Å². The summed E-state index contributed by atoms with van der Waals surface area (Å²) in [6, 6.07) is -0.660. The van der Waals surface area contributed by atoms with Crippen molar-refractivity contribution in [3.8, 4) is 0 Å². The van der Waals surface area contributed by atoms with Crippen molar-refractivity contribution in [1.29, 1.82) is 0 Å². The predicted molar refractivity (Wildman–Crippen MR) is 145 cm³/mol. The highest BCUT2D eigenvalue weighted by Crippen LogP contribution is 2.39. The molecular formula is C30H55NO4. The maximum atomic E-state index is 13.0. The van der Waals surface area contributed by atoms with Gasteiger partial charge in [0.1, 0.15) is 18.2 Å². The van der Waals surface area contributed by atoms with E-state index in [2.05, 4.69) is 25.7 Å². The van der Waals surface area contributed by atoms with Gasteiger partial charge in [-0.25, -0.2) is 4.79 Å². The summed E-state index contributed by atoms with van der Waals surface area (Å²) in [6.45, 7) is 14.4. The molecule has 0 saturated carbocycles. The number of nitrogens with one attached hydrogen (secondary N) is 1. The number of hydrogen-bond donors (Lipinski definition) is 1. The molecule has 0 aliphatic carbocycles. The van der Waals surface area contributed by atoms with Crippen molar-refractivity contribution in [2.24, 2.45) is 11.3 Å². The molecule has 0 spiro atoms. The van der Waals surface area contributed by atoms with Gasteiger partial charge in [0, 0.05) is 6.42 Å². The number of unbranched alkanes of at least 4 members (excludes halogenated alkanes) is 11. The summed E-state index contributed by atoms with van der Waals surface area (Å²) >= 11 is 0. The third-order valence-corrected chi connectivity index (χ3v) is 7.28. The van der Waals surface area contributed by atoms with E-state index in [9.17, 15) is 9.59 Å². The third kappa shape index (κ3) is 12.8. The van der Waals surface area contributed by atoms with Crippen LogP contribution in [-0.4, -0.2) is 30.6 Å². The molecule has 1 rings (SSSR count). The molecule has 5 heteroatoms. The summed E-state index contributed by atoms with van der Waals surface area (Å²) in [4.78, 5) is 24.1. The average Bonchev–Trinajstić information content (AvgIpc) is 2.79. The van der Waals surface area contributed by atoms with Crippen LogP contribution in [0.5, 0.6) is 0 Å². The zero-order valence-electron chi connectivity index (χ0n) is 23.5. The van der Waals surface area contributed by atoms with Crippen LogP contribution >= 0.6 is 0 Å². The zero-order chi connectivity index (χ0) is 26.1. The van der Waals surface area contributed by atoms with E-state index >= 15 is 0 Å². The molecule has 4 atom stereocenters. The van der Waals surface area contributed by atoms with Crippen LogP contribution < -0.4 is 5.32 Å². The Labute approximate surface area is 216 Å². The van der Waals surface area contributed by atoms with Gasteiger partial charge in [-0.2, -0.15) is 0 Å². The molecular weight excluding hydrogens is 438 g/mol. The molecule has 204 valence electrons. The summed E-state index contributed by atoms with van der Waals surface area (Å²) in [5.74, 6) is 0.903. The third-order valence-electron chi connectivity index (χ3n) is 7.28. The van der Waals surface area contributed by atoms with E-state index in [1.807, 2.05) is 20.8 Å². The number of amides is 1.